The molecule has 0 radical (unpaired) electrons. The van der Waals surface area contributed by atoms with E-state index in [1.807, 2.05) is 20.8 Å². The first-order chi connectivity index (χ1) is 10.4. The molecule has 0 aliphatic carbocycles. The monoisotopic (exact) mass is 373 g/mol. The van der Waals surface area contributed by atoms with E-state index in [9.17, 15) is 9.18 Å². The van der Waals surface area contributed by atoms with Crippen LogP contribution in [0, 0.1) is 0 Å². The lowest BCUT2D eigenvalue weighted by molar-refractivity contribution is 0.0247. The zero-order valence-corrected chi connectivity index (χ0v) is 15.2. The van der Waals surface area contributed by atoms with Crippen molar-refractivity contribution in [2.24, 2.45) is 0 Å². The fourth-order valence-electron chi connectivity index (χ4n) is 1.93. The lowest BCUT2D eigenvalue weighted by Crippen LogP contribution is -2.38. The summed E-state index contributed by atoms with van der Waals surface area (Å²) in [4.78, 5) is 13.7. The summed E-state index contributed by atoms with van der Waals surface area (Å²) in [7, 11) is 0. The van der Waals surface area contributed by atoms with Gasteiger partial charge in [0.05, 0.1) is 6.67 Å². The zero-order valence-electron chi connectivity index (χ0n) is 13.6. The molecule has 1 amide bonds. The molecule has 0 aliphatic heterocycles. The summed E-state index contributed by atoms with van der Waals surface area (Å²) in [5, 5.41) is 0.827. The molecule has 0 saturated heterocycles. The van der Waals surface area contributed by atoms with E-state index in [0.717, 1.165) is 17.3 Å². The van der Waals surface area contributed by atoms with E-state index >= 15 is 0 Å². The van der Waals surface area contributed by atoms with E-state index in [0.29, 0.717) is 19.5 Å². The van der Waals surface area contributed by atoms with Crippen molar-refractivity contribution in [2.75, 3.05) is 19.8 Å². The molecule has 0 N–H and O–H groups in total. The van der Waals surface area contributed by atoms with E-state index in [4.69, 9.17) is 4.74 Å². The predicted octanol–water partition coefficient (Wildman–Crippen LogP) is 4.72. The molecule has 0 atom stereocenters. The van der Waals surface area contributed by atoms with Crippen LogP contribution in [0.3, 0.4) is 0 Å². The normalized spacial score (nSPS) is 11.3. The van der Waals surface area contributed by atoms with Crippen LogP contribution in [0.15, 0.2) is 24.3 Å². The summed E-state index contributed by atoms with van der Waals surface area (Å²) in [5.74, 6) is 0. The predicted molar refractivity (Wildman–Crippen MR) is 91.2 cm³/mol. The number of nitrogens with zero attached hydrogens (tertiary/aromatic N) is 1. The summed E-state index contributed by atoms with van der Waals surface area (Å²) in [5.41, 5.74) is 1.83. The van der Waals surface area contributed by atoms with Gasteiger partial charge in [-0.3, -0.25) is 4.39 Å². The molecule has 5 heteroatoms. The van der Waals surface area contributed by atoms with Crippen molar-refractivity contribution in [2.45, 2.75) is 44.5 Å². The first-order valence-electron chi connectivity index (χ1n) is 7.53. The van der Waals surface area contributed by atoms with Gasteiger partial charge in [0.1, 0.15) is 5.60 Å². The average molecular weight is 374 g/mol. The molecule has 1 aromatic carbocycles. The number of hydrogen-bond acceptors (Lipinski definition) is 2. The van der Waals surface area contributed by atoms with Crippen molar-refractivity contribution in [3.8, 4) is 0 Å². The van der Waals surface area contributed by atoms with Gasteiger partial charge in [0.25, 0.3) is 0 Å². The van der Waals surface area contributed by atoms with Crippen LogP contribution in [0.25, 0.3) is 0 Å². The maximum atomic E-state index is 12.4. The number of amides is 1. The van der Waals surface area contributed by atoms with Gasteiger partial charge in [0.15, 0.2) is 0 Å². The summed E-state index contributed by atoms with van der Waals surface area (Å²) >= 11 is 3.41. The van der Waals surface area contributed by atoms with Gasteiger partial charge < -0.3 is 9.64 Å². The fraction of sp³-hybridized carbons (Fsp3) is 0.588. The number of ether oxygens (including phenoxy) is 1. The number of rotatable bonds is 7. The molecule has 22 heavy (non-hydrogen) atoms. The number of carbonyl (C=O) groups excluding carboxylic acids is 1. The highest BCUT2D eigenvalue weighted by Crippen LogP contribution is 2.12. The van der Waals surface area contributed by atoms with Crippen molar-refractivity contribution in [1.82, 2.24) is 4.90 Å². The van der Waals surface area contributed by atoms with Gasteiger partial charge >= 0.3 is 6.09 Å². The van der Waals surface area contributed by atoms with Crippen molar-refractivity contribution in [3.05, 3.63) is 35.4 Å². The fourth-order valence-corrected chi connectivity index (χ4v) is 2.30. The molecule has 0 unspecified atom stereocenters. The summed E-state index contributed by atoms with van der Waals surface area (Å²) in [6.45, 7) is 5.97. The summed E-state index contributed by atoms with van der Waals surface area (Å²) < 4.78 is 17.8. The molecular weight excluding hydrogens is 349 g/mol. The largest absolute Gasteiger partial charge is 0.444 e. The molecule has 0 aliphatic rings. The second kappa shape index (κ2) is 9.13. The van der Waals surface area contributed by atoms with Crippen LogP contribution >= 0.6 is 15.9 Å². The lowest BCUT2D eigenvalue weighted by atomic mass is 10.1. The standard InChI is InChI=1S/C17H25BrFNO2/c1-17(2,3)22-16(21)20(11-4-10-19)12-9-14-5-7-15(13-18)8-6-14/h5-8H,4,9-13H2,1-3H3. The van der Waals surface area contributed by atoms with E-state index < -0.39 is 12.3 Å². The van der Waals surface area contributed by atoms with Gasteiger partial charge in [0, 0.05) is 18.4 Å². The number of alkyl halides is 2. The van der Waals surface area contributed by atoms with Crippen LogP contribution in [0.5, 0.6) is 0 Å². The minimum absolute atomic E-state index is 0.335. The molecule has 124 valence electrons. The van der Waals surface area contributed by atoms with Crippen molar-refractivity contribution in [3.63, 3.8) is 0 Å². The molecule has 0 fully saturated rings. The van der Waals surface area contributed by atoms with Gasteiger partial charge in [0.2, 0.25) is 0 Å². The van der Waals surface area contributed by atoms with Crippen LogP contribution in [0.4, 0.5) is 9.18 Å². The van der Waals surface area contributed by atoms with E-state index in [1.165, 1.54) is 5.56 Å². The van der Waals surface area contributed by atoms with Crippen LogP contribution < -0.4 is 0 Å². The van der Waals surface area contributed by atoms with E-state index in [2.05, 4.69) is 40.2 Å². The first kappa shape index (κ1) is 18.9. The zero-order chi connectivity index (χ0) is 16.6. The van der Waals surface area contributed by atoms with Gasteiger partial charge in [-0.2, -0.15) is 0 Å². The third-order valence-electron chi connectivity index (χ3n) is 3.06. The Hall–Kier alpha value is -1.10. The third-order valence-corrected chi connectivity index (χ3v) is 3.71. The van der Waals surface area contributed by atoms with Gasteiger partial charge in [-0.15, -0.1) is 0 Å². The third kappa shape index (κ3) is 7.25. The highest BCUT2D eigenvalue weighted by molar-refractivity contribution is 9.08. The van der Waals surface area contributed by atoms with Crippen molar-refractivity contribution >= 4 is 22.0 Å². The summed E-state index contributed by atoms with van der Waals surface area (Å²) in [6, 6.07) is 8.23. The van der Waals surface area contributed by atoms with E-state index in [1.54, 1.807) is 4.90 Å². The Kier molecular flexibility index (Phi) is 7.87. The summed E-state index contributed by atoms with van der Waals surface area (Å²) in [6.07, 6.45) is 0.689. The molecular formula is C17H25BrFNO2. The Morgan fingerprint density at radius 1 is 1.18 bits per heavy atom. The molecule has 0 aromatic heterocycles. The minimum atomic E-state index is -0.539. The molecule has 1 aromatic rings. The quantitative estimate of drug-likeness (QED) is 0.647. The Morgan fingerprint density at radius 2 is 1.77 bits per heavy atom. The number of hydrogen-bond donors (Lipinski definition) is 0. The molecule has 1 rings (SSSR count). The van der Waals surface area contributed by atoms with Crippen molar-refractivity contribution in [1.29, 1.82) is 0 Å². The van der Waals surface area contributed by atoms with E-state index in [-0.39, 0.29) is 6.09 Å². The van der Waals surface area contributed by atoms with Gasteiger partial charge in [-0.05, 0) is 44.7 Å². The lowest BCUT2D eigenvalue weighted by Gasteiger charge is -2.27. The highest BCUT2D eigenvalue weighted by Gasteiger charge is 2.21. The van der Waals surface area contributed by atoms with Gasteiger partial charge in [-0.1, -0.05) is 40.2 Å². The maximum absolute atomic E-state index is 12.4. The second-order valence-corrected chi connectivity index (χ2v) is 6.77. The van der Waals surface area contributed by atoms with Crippen LogP contribution in [0.1, 0.15) is 38.3 Å². The molecule has 0 heterocycles. The first-order valence-corrected chi connectivity index (χ1v) is 8.65. The molecule has 3 nitrogen and oxygen atoms in total. The van der Waals surface area contributed by atoms with Crippen LogP contribution in [-0.2, 0) is 16.5 Å². The van der Waals surface area contributed by atoms with Gasteiger partial charge in [-0.25, -0.2) is 4.79 Å². The number of carbonyl (C=O) groups is 1. The Balaban J connectivity index is 2.61. The highest BCUT2D eigenvalue weighted by atomic mass is 79.9. The molecule has 0 bridgehead atoms. The Labute approximate surface area is 141 Å². The van der Waals surface area contributed by atoms with Crippen molar-refractivity contribution < 1.29 is 13.9 Å². The Morgan fingerprint density at radius 3 is 2.27 bits per heavy atom. The Bertz CT molecular complexity index is 457. The minimum Gasteiger partial charge on any atom is -0.444 e. The SMILES string of the molecule is CC(C)(C)OC(=O)N(CCCF)CCc1ccc(CBr)cc1. The molecule has 0 spiro atoms. The molecule has 0 saturated carbocycles. The van der Waals surface area contributed by atoms with Crippen LogP contribution in [-0.4, -0.2) is 36.4 Å². The topological polar surface area (TPSA) is 29.5 Å². The average Bonchev–Trinajstić information content (AvgIpc) is 2.46. The maximum Gasteiger partial charge on any atom is 0.410 e. The van der Waals surface area contributed by atoms with Crippen LogP contribution in [0.2, 0.25) is 0 Å². The second-order valence-electron chi connectivity index (χ2n) is 6.21. The number of benzene rings is 1. The smallest absolute Gasteiger partial charge is 0.410 e. The number of halogens is 2.